The zero-order valence-electron chi connectivity index (χ0n) is 8.17. The van der Waals surface area contributed by atoms with Crippen LogP contribution in [0.3, 0.4) is 0 Å². The van der Waals surface area contributed by atoms with E-state index in [1.165, 1.54) is 12.8 Å². The van der Waals surface area contributed by atoms with Crippen molar-refractivity contribution in [3.05, 3.63) is 0 Å². The lowest BCUT2D eigenvalue weighted by Gasteiger charge is -2.26. The van der Waals surface area contributed by atoms with Gasteiger partial charge in [0.25, 0.3) is 0 Å². The molecule has 0 aromatic heterocycles. The molecule has 3 atom stereocenters. The fourth-order valence-electron chi connectivity index (χ4n) is 2.04. The van der Waals surface area contributed by atoms with E-state index < -0.39 is 0 Å². The molecule has 2 aliphatic heterocycles. The highest BCUT2D eigenvalue weighted by Gasteiger charge is 2.43. The molecule has 0 amide bonds. The molecule has 0 N–H and O–H groups in total. The predicted octanol–water partition coefficient (Wildman–Crippen LogP) is 2.18. The van der Waals surface area contributed by atoms with Crippen molar-refractivity contribution in [2.24, 2.45) is 11.3 Å². The average molecular weight is 170 g/mol. The normalized spacial score (nSPS) is 41.8. The Morgan fingerprint density at radius 1 is 1.25 bits per heavy atom. The molecule has 0 aromatic rings. The maximum atomic E-state index is 5.83. The van der Waals surface area contributed by atoms with Gasteiger partial charge in [0, 0.05) is 5.92 Å². The highest BCUT2D eigenvalue weighted by atomic mass is 16.7. The maximum absolute atomic E-state index is 5.83. The highest BCUT2D eigenvalue weighted by Crippen LogP contribution is 2.41. The molecule has 0 aromatic carbocycles. The van der Waals surface area contributed by atoms with Crippen LogP contribution in [0.15, 0.2) is 0 Å². The third kappa shape index (κ3) is 1.38. The molecular weight excluding hydrogens is 152 g/mol. The molecule has 12 heavy (non-hydrogen) atoms. The van der Waals surface area contributed by atoms with Crippen molar-refractivity contribution >= 4 is 0 Å². The van der Waals surface area contributed by atoms with Gasteiger partial charge in [0.1, 0.15) is 0 Å². The SMILES string of the molecule is CC(C)(C)C1CC2CCOC2O1. The van der Waals surface area contributed by atoms with Crippen LogP contribution in [-0.2, 0) is 9.47 Å². The first-order valence-corrected chi connectivity index (χ1v) is 4.84. The van der Waals surface area contributed by atoms with Gasteiger partial charge in [0.05, 0.1) is 12.7 Å². The highest BCUT2D eigenvalue weighted by molar-refractivity contribution is 4.87. The number of hydrogen-bond donors (Lipinski definition) is 0. The van der Waals surface area contributed by atoms with Gasteiger partial charge in [-0.25, -0.2) is 0 Å². The second kappa shape index (κ2) is 2.71. The van der Waals surface area contributed by atoms with Crippen molar-refractivity contribution in [3.8, 4) is 0 Å². The van der Waals surface area contributed by atoms with Crippen LogP contribution in [0.2, 0.25) is 0 Å². The van der Waals surface area contributed by atoms with Crippen LogP contribution in [0.5, 0.6) is 0 Å². The van der Waals surface area contributed by atoms with Crippen molar-refractivity contribution in [3.63, 3.8) is 0 Å². The Kier molecular flexibility index (Phi) is 1.92. The van der Waals surface area contributed by atoms with E-state index in [0.29, 0.717) is 12.0 Å². The maximum Gasteiger partial charge on any atom is 0.160 e. The van der Waals surface area contributed by atoms with Crippen molar-refractivity contribution in [1.29, 1.82) is 0 Å². The standard InChI is InChI=1S/C10H18O2/c1-10(2,3)8-6-7-4-5-11-9(7)12-8/h7-9H,4-6H2,1-3H3. The van der Waals surface area contributed by atoms with Crippen LogP contribution in [0.4, 0.5) is 0 Å². The van der Waals surface area contributed by atoms with Crippen molar-refractivity contribution in [1.82, 2.24) is 0 Å². The summed E-state index contributed by atoms with van der Waals surface area (Å²) < 4.78 is 11.3. The molecule has 2 fully saturated rings. The summed E-state index contributed by atoms with van der Waals surface area (Å²) in [5.41, 5.74) is 0.272. The van der Waals surface area contributed by atoms with Gasteiger partial charge in [-0.15, -0.1) is 0 Å². The second-order valence-corrected chi connectivity index (χ2v) is 5.01. The zero-order chi connectivity index (χ0) is 8.77. The molecule has 2 saturated heterocycles. The monoisotopic (exact) mass is 170 g/mol. The van der Waals surface area contributed by atoms with Crippen molar-refractivity contribution in [2.45, 2.75) is 46.0 Å². The van der Waals surface area contributed by atoms with Gasteiger partial charge in [-0.2, -0.15) is 0 Å². The molecule has 2 aliphatic rings. The van der Waals surface area contributed by atoms with E-state index in [9.17, 15) is 0 Å². The van der Waals surface area contributed by atoms with Gasteiger partial charge >= 0.3 is 0 Å². The molecule has 0 saturated carbocycles. The first kappa shape index (κ1) is 8.52. The molecule has 2 heteroatoms. The lowest BCUT2D eigenvalue weighted by Crippen LogP contribution is -2.27. The van der Waals surface area contributed by atoms with Crippen LogP contribution in [-0.4, -0.2) is 19.0 Å². The summed E-state index contributed by atoms with van der Waals surface area (Å²) in [6.07, 6.45) is 2.90. The molecule has 0 radical (unpaired) electrons. The van der Waals surface area contributed by atoms with Crippen molar-refractivity contribution in [2.75, 3.05) is 6.61 Å². The van der Waals surface area contributed by atoms with E-state index in [0.717, 1.165) is 6.61 Å². The van der Waals surface area contributed by atoms with Gasteiger partial charge in [0.15, 0.2) is 6.29 Å². The largest absolute Gasteiger partial charge is 0.352 e. The Morgan fingerprint density at radius 3 is 2.58 bits per heavy atom. The first-order chi connectivity index (χ1) is 5.57. The van der Waals surface area contributed by atoms with Gasteiger partial charge in [-0.1, -0.05) is 20.8 Å². The van der Waals surface area contributed by atoms with E-state index in [-0.39, 0.29) is 11.7 Å². The Labute approximate surface area is 74.2 Å². The summed E-state index contributed by atoms with van der Waals surface area (Å²) >= 11 is 0. The summed E-state index contributed by atoms with van der Waals surface area (Å²) in [6.45, 7) is 7.60. The molecule has 0 aliphatic carbocycles. The van der Waals surface area contributed by atoms with Gasteiger partial charge in [0.2, 0.25) is 0 Å². The van der Waals surface area contributed by atoms with E-state index in [2.05, 4.69) is 20.8 Å². The van der Waals surface area contributed by atoms with Crippen LogP contribution < -0.4 is 0 Å². The van der Waals surface area contributed by atoms with Crippen LogP contribution in [0, 0.1) is 11.3 Å². The summed E-state index contributed by atoms with van der Waals surface area (Å²) in [7, 11) is 0. The lowest BCUT2D eigenvalue weighted by molar-refractivity contribution is -0.138. The third-order valence-corrected chi connectivity index (χ3v) is 2.94. The number of fused-ring (bicyclic) bond motifs is 1. The summed E-state index contributed by atoms with van der Waals surface area (Å²) in [4.78, 5) is 0. The molecule has 0 bridgehead atoms. The molecule has 3 unspecified atom stereocenters. The molecule has 2 heterocycles. The third-order valence-electron chi connectivity index (χ3n) is 2.94. The number of ether oxygens (including phenoxy) is 2. The lowest BCUT2D eigenvalue weighted by atomic mass is 9.85. The van der Waals surface area contributed by atoms with Gasteiger partial charge in [-0.3, -0.25) is 0 Å². The minimum atomic E-state index is 0.120. The van der Waals surface area contributed by atoms with E-state index in [1.807, 2.05) is 0 Å². The molecular formula is C10H18O2. The minimum absolute atomic E-state index is 0.120. The molecule has 70 valence electrons. The summed E-state index contributed by atoms with van der Waals surface area (Å²) in [5.74, 6) is 0.675. The smallest absolute Gasteiger partial charge is 0.160 e. The fourth-order valence-corrected chi connectivity index (χ4v) is 2.04. The Balaban J connectivity index is 1.99. The number of hydrogen-bond acceptors (Lipinski definition) is 2. The van der Waals surface area contributed by atoms with Gasteiger partial charge < -0.3 is 9.47 Å². The molecule has 2 rings (SSSR count). The van der Waals surface area contributed by atoms with E-state index in [4.69, 9.17) is 9.47 Å². The Bertz CT molecular complexity index is 159. The summed E-state index contributed by atoms with van der Waals surface area (Å²) in [6, 6.07) is 0. The minimum Gasteiger partial charge on any atom is -0.352 e. The quantitative estimate of drug-likeness (QED) is 0.555. The summed E-state index contributed by atoms with van der Waals surface area (Å²) in [5, 5.41) is 0. The number of rotatable bonds is 0. The second-order valence-electron chi connectivity index (χ2n) is 5.01. The van der Waals surface area contributed by atoms with Crippen LogP contribution in [0.25, 0.3) is 0 Å². The van der Waals surface area contributed by atoms with Crippen LogP contribution in [0.1, 0.15) is 33.6 Å². The topological polar surface area (TPSA) is 18.5 Å². The molecule has 0 spiro atoms. The van der Waals surface area contributed by atoms with Crippen molar-refractivity contribution < 1.29 is 9.47 Å². The molecule has 2 nitrogen and oxygen atoms in total. The van der Waals surface area contributed by atoms with E-state index in [1.54, 1.807) is 0 Å². The van der Waals surface area contributed by atoms with Crippen LogP contribution >= 0.6 is 0 Å². The van der Waals surface area contributed by atoms with E-state index >= 15 is 0 Å². The predicted molar refractivity (Wildman–Crippen MR) is 46.8 cm³/mol. The fraction of sp³-hybridized carbons (Fsp3) is 1.00. The first-order valence-electron chi connectivity index (χ1n) is 4.84. The average Bonchev–Trinajstić information content (AvgIpc) is 2.37. The van der Waals surface area contributed by atoms with Gasteiger partial charge in [-0.05, 0) is 18.3 Å². The zero-order valence-corrected chi connectivity index (χ0v) is 8.17. The Morgan fingerprint density at radius 2 is 2.00 bits per heavy atom. The Hall–Kier alpha value is -0.0800.